The molecule has 5 heteroatoms. The van der Waals surface area contributed by atoms with Crippen LogP contribution < -0.4 is 9.64 Å². The van der Waals surface area contributed by atoms with Gasteiger partial charge < -0.3 is 14.7 Å². The number of aryl methyl sites for hydroxylation is 1. The molecular weight excluding hydrogens is 442 g/mol. The number of phenolic OH excluding ortho intramolecular Hbond substituents is 1. The van der Waals surface area contributed by atoms with E-state index in [0.29, 0.717) is 17.7 Å². The number of rotatable bonds is 7. The van der Waals surface area contributed by atoms with E-state index in [0.717, 1.165) is 32.8 Å². The highest BCUT2D eigenvalue weighted by atomic mass is 32.1. The maximum absolute atomic E-state index is 13.7. The third kappa shape index (κ3) is 4.86. The Kier molecular flexibility index (Phi) is 6.66. The van der Waals surface area contributed by atoms with Gasteiger partial charge in [0.05, 0.1) is 13.1 Å². The molecule has 2 N–H and O–H groups in total. The molecule has 0 radical (unpaired) electrons. The van der Waals surface area contributed by atoms with Gasteiger partial charge in [-0.1, -0.05) is 29.8 Å². The van der Waals surface area contributed by atoms with E-state index in [1.165, 1.54) is 49.3 Å². The van der Waals surface area contributed by atoms with Crippen LogP contribution in [0.2, 0.25) is 0 Å². The molecule has 0 amide bonds. The Hall–Kier alpha value is -3.15. The van der Waals surface area contributed by atoms with Crippen molar-refractivity contribution in [2.75, 3.05) is 26.2 Å². The number of hydrogen-bond acceptors (Lipinski definition) is 4. The predicted octanol–water partition coefficient (Wildman–Crippen LogP) is 5.26. The van der Waals surface area contributed by atoms with Gasteiger partial charge in [0.25, 0.3) is 0 Å². The molecule has 3 aromatic carbocycles. The van der Waals surface area contributed by atoms with E-state index in [2.05, 4.69) is 31.2 Å². The normalized spacial score (nSPS) is 14.4. The molecule has 5 rings (SSSR count). The van der Waals surface area contributed by atoms with Crippen LogP contribution in [0.4, 0.5) is 0 Å². The van der Waals surface area contributed by atoms with Gasteiger partial charge in [-0.25, -0.2) is 0 Å². The lowest BCUT2D eigenvalue weighted by atomic mass is 9.97. The zero-order chi connectivity index (χ0) is 23.5. The number of thiophene rings is 1. The van der Waals surface area contributed by atoms with Crippen LogP contribution >= 0.6 is 11.3 Å². The van der Waals surface area contributed by atoms with Gasteiger partial charge in [-0.2, -0.15) is 0 Å². The van der Waals surface area contributed by atoms with Crippen molar-refractivity contribution >= 4 is 27.2 Å². The molecular formula is C29H30NO3S+. The van der Waals surface area contributed by atoms with Crippen molar-refractivity contribution in [3.8, 4) is 21.9 Å². The van der Waals surface area contributed by atoms with E-state index >= 15 is 0 Å². The van der Waals surface area contributed by atoms with Gasteiger partial charge in [-0.15, -0.1) is 11.3 Å². The lowest BCUT2D eigenvalue weighted by Gasteiger charge is -2.23. The molecule has 0 aliphatic carbocycles. The van der Waals surface area contributed by atoms with Crippen molar-refractivity contribution in [3.05, 3.63) is 83.4 Å². The number of phenols is 1. The second-order valence-electron chi connectivity index (χ2n) is 9.12. The van der Waals surface area contributed by atoms with Gasteiger partial charge in [0.1, 0.15) is 24.7 Å². The number of likely N-dealkylation sites (tertiary alicyclic amines) is 1. The van der Waals surface area contributed by atoms with E-state index in [9.17, 15) is 9.90 Å². The van der Waals surface area contributed by atoms with Gasteiger partial charge in [0, 0.05) is 26.1 Å². The first-order valence-electron chi connectivity index (χ1n) is 12.0. The van der Waals surface area contributed by atoms with Crippen LogP contribution in [0.1, 0.15) is 40.7 Å². The van der Waals surface area contributed by atoms with Crippen LogP contribution in [0, 0.1) is 6.92 Å². The van der Waals surface area contributed by atoms with E-state index < -0.39 is 0 Å². The average Bonchev–Trinajstić information content (AvgIpc) is 3.23. The Labute approximate surface area is 204 Å². The Morgan fingerprint density at radius 1 is 0.971 bits per heavy atom. The summed E-state index contributed by atoms with van der Waals surface area (Å²) in [4.78, 5) is 16.2. The number of carbonyl (C=O) groups is 1. The molecule has 1 aliphatic heterocycles. The summed E-state index contributed by atoms with van der Waals surface area (Å²) < 4.78 is 6.87. The zero-order valence-corrected chi connectivity index (χ0v) is 20.3. The molecule has 4 aromatic rings. The highest BCUT2D eigenvalue weighted by molar-refractivity contribution is 7.22. The predicted molar refractivity (Wildman–Crippen MR) is 138 cm³/mol. The lowest BCUT2D eigenvalue weighted by Crippen LogP contribution is -3.13. The number of carbonyl (C=O) groups excluding carboxylic acids is 1. The van der Waals surface area contributed by atoms with E-state index in [1.54, 1.807) is 17.0 Å². The Morgan fingerprint density at radius 2 is 1.71 bits per heavy atom. The lowest BCUT2D eigenvalue weighted by molar-refractivity contribution is -0.904. The van der Waals surface area contributed by atoms with E-state index in [4.69, 9.17) is 4.74 Å². The number of piperidine rings is 1. The number of quaternary nitrogens is 1. The van der Waals surface area contributed by atoms with Crippen molar-refractivity contribution < 1.29 is 19.5 Å². The second-order valence-corrected chi connectivity index (χ2v) is 10.2. The van der Waals surface area contributed by atoms with Gasteiger partial charge in [0.2, 0.25) is 0 Å². The first-order chi connectivity index (χ1) is 16.6. The fourth-order valence-corrected chi connectivity index (χ4v) is 5.92. The molecule has 1 saturated heterocycles. The number of fused-ring (bicyclic) bond motifs is 1. The number of hydrogen-bond donors (Lipinski definition) is 2. The summed E-state index contributed by atoms with van der Waals surface area (Å²) >= 11 is 1.54. The van der Waals surface area contributed by atoms with Crippen molar-refractivity contribution in [2.24, 2.45) is 0 Å². The molecule has 174 valence electrons. The van der Waals surface area contributed by atoms with Crippen LogP contribution in [0.5, 0.6) is 11.5 Å². The third-order valence-electron chi connectivity index (χ3n) is 6.62. The highest BCUT2D eigenvalue weighted by Gasteiger charge is 2.22. The van der Waals surface area contributed by atoms with Gasteiger partial charge in [-0.05, 0) is 74.2 Å². The minimum absolute atomic E-state index is 0.0168. The van der Waals surface area contributed by atoms with Crippen molar-refractivity contribution in [1.29, 1.82) is 0 Å². The number of nitrogens with one attached hydrogen (secondary N) is 1. The fraction of sp³-hybridized carbons (Fsp3) is 0.276. The molecule has 1 aromatic heterocycles. The summed E-state index contributed by atoms with van der Waals surface area (Å²) in [6, 6.07) is 20.9. The summed E-state index contributed by atoms with van der Waals surface area (Å²) in [5.41, 5.74) is 3.50. The first-order valence-corrected chi connectivity index (χ1v) is 12.8. The van der Waals surface area contributed by atoms with Crippen molar-refractivity contribution in [1.82, 2.24) is 0 Å². The summed E-state index contributed by atoms with van der Waals surface area (Å²) in [6.07, 6.45) is 3.98. The second kappa shape index (κ2) is 10.00. The molecule has 4 nitrogen and oxygen atoms in total. The molecule has 0 spiro atoms. The van der Waals surface area contributed by atoms with Crippen LogP contribution in [0.25, 0.3) is 20.5 Å². The van der Waals surface area contributed by atoms with Crippen molar-refractivity contribution in [2.45, 2.75) is 26.2 Å². The topological polar surface area (TPSA) is 51.0 Å². The number of ether oxygens (including phenoxy) is 1. The van der Waals surface area contributed by atoms with Crippen molar-refractivity contribution in [3.63, 3.8) is 0 Å². The summed E-state index contributed by atoms with van der Waals surface area (Å²) in [6.45, 7) is 6.25. The summed E-state index contributed by atoms with van der Waals surface area (Å²) in [7, 11) is 0. The quantitative estimate of drug-likeness (QED) is 0.361. The van der Waals surface area contributed by atoms with Gasteiger partial charge in [0.15, 0.2) is 5.78 Å². The summed E-state index contributed by atoms with van der Waals surface area (Å²) in [5.74, 6) is 0.986. The fourth-order valence-electron chi connectivity index (χ4n) is 4.68. The zero-order valence-electron chi connectivity index (χ0n) is 19.5. The molecule has 0 atom stereocenters. The van der Waals surface area contributed by atoms with Gasteiger partial charge >= 0.3 is 0 Å². The van der Waals surface area contributed by atoms with Crippen LogP contribution in [0.3, 0.4) is 0 Å². The molecule has 0 unspecified atom stereocenters. The third-order valence-corrected chi connectivity index (χ3v) is 7.82. The smallest absolute Gasteiger partial charge is 0.195 e. The highest BCUT2D eigenvalue weighted by Crippen LogP contribution is 2.41. The SMILES string of the molecule is Cc1ccc(-c2sc3cc(O)ccc3c2C(=O)c2ccc(OCC[NH+]3CCCCC3)cc2)cc1. The standard InChI is InChI=1S/C29H29NO3S/c1-20-5-7-22(8-6-20)29-27(25-14-11-23(31)19-26(25)34-29)28(32)21-9-12-24(13-10-21)33-18-17-30-15-3-2-4-16-30/h5-14,19,31H,2-4,15-18H2,1H3/p+1. The number of benzene rings is 3. The Balaban J connectivity index is 1.39. The van der Waals surface area contributed by atoms with Gasteiger partial charge in [-0.3, -0.25) is 4.79 Å². The minimum atomic E-state index is -0.0168. The van der Waals surface area contributed by atoms with Crippen LogP contribution in [0.15, 0.2) is 66.7 Å². The molecule has 1 aliphatic rings. The molecule has 1 fully saturated rings. The summed E-state index contributed by atoms with van der Waals surface area (Å²) in [5, 5.41) is 10.9. The Morgan fingerprint density at radius 3 is 2.44 bits per heavy atom. The molecule has 2 heterocycles. The molecule has 0 saturated carbocycles. The number of ketones is 1. The maximum atomic E-state index is 13.7. The number of aromatic hydroxyl groups is 1. The Bertz CT molecular complexity index is 1290. The first kappa shape index (κ1) is 22.6. The van der Waals surface area contributed by atoms with E-state index in [1.807, 2.05) is 30.3 Å². The monoisotopic (exact) mass is 472 g/mol. The largest absolute Gasteiger partial charge is 0.508 e. The maximum Gasteiger partial charge on any atom is 0.195 e. The van der Waals surface area contributed by atoms with E-state index in [-0.39, 0.29) is 11.5 Å². The van der Waals surface area contributed by atoms with Crippen LogP contribution in [-0.2, 0) is 0 Å². The molecule has 34 heavy (non-hydrogen) atoms. The van der Waals surface area contributed by atoms with Crippen LogP contribution in [-0.4, -0.2) is 37.1 Å². The molecule has 0 bridgehead atoms. The minimum Gasteiger partial charge on any atom is -0.508 e. The average molecular weight is 473 g/mol.